The van der Waals surface area contributed by atoms with Crippen molar-refractivity contribution in [3.05, 3.63) is 29.8 Å². The summed E-state index contributed by atoms with van der Waals surface area (Å²) in [7, 11) is -3.77. The van der Waals surface area contributed by atoms with E-state index in [2.05, 4.69) is 15.3 Å². The molecule has 9 nitrogen and oxygen atoms in total. The molecular weight excluding hydrogens is 346 g/mol. The fourth-order valence-corrected chi connectivity index (χ4v) is 2.37. The summed E-state index contributed by atoms with van der Waals surface area (Å²) in [6, 6.07) is 5.69. The maximum atomic E-state index is 11.3. The Morgan fingerprint density at radius 1 is 1.28 bits per heavy atom. The minimum atomic E-state index is -3.77. The zero-order chi connectivity index (χ0) is 18.6. The van der Waals surface area contributed by atoms with E-state index in [1.807, 2.05) is 13.8 Å². The number of benzene rings is 1. The van der Waals surface area contributed by atoms with Crippen LogP contribution in [0.3, 0.4) is 0 Å². The summed E-state index contributed by atoms with van der Waals surface area (Å²) in [6.07, 6.45) is 1.10. The Morgan fingerprint density at radius 3 is 2.44 bits per heavy atom. The minimum Gasteiger partial charge on any atom is -0.474 e. The first-order chi connectivity index (χ1) is 11.7. The first-order valence-corrected chi connectivity index (χ1v) is 8.98. The van der Waals surface area contributed by atoms with Crippen LogP contribution in [0.15, 0.2) is 29.2 Å². The van der Waals surface area contributed by atoms with Crippen LogP contribution in [0.5, 0.6) is 5.88 Å². The van der Waals surface area contributed by atoms with Crippen molar-refractivity contribution in [3.63, 3.8) is 0 Å². The molecule has 1 aromatic heterocycles. The monoisotopic (exact) mass is 365 g/mol. The fraction of sp³-hybridized carbons (Fsp3) is 0.267. The number of nitrogen functional groups attached to an aromatic ring is 1. The van der Waals surface area contributed by atoms with Crippen molar-refractivity contribution in [3.8, 4) is 5.88 Å². The molecule has 0 fully saturated rings. The third-order valence-corrected chi connectivity index (χ3v) is 4.31. The van der Waals surface area contributed by atoms with Gasteiger partial charge >= 0.3 is 0 Å². The third kappa shape index (κ3) is 4.64. The number of carbonyl (C=O) groups is 1. The summed E-state index contributed by atoms with van der Waals surface area (Å²) in [6.45, 7) is 3.77. The van der Waals surface area contributed by atoms with Crippen molar-refractivity contribution in [2.24, 2.45) is 5.14 Å². The number of nitrogens with two attached hydrogens (primary N) is 2. The highest BCUT2D eigenvalue weighted by Crippen LogP contribution is 2.24. The molecule has 5 N–H and O–H groups in total. The normalized spacial score (nSPS) is 12.4. The summed E-state index contributed by atoms with van der Waals surface area (Å²) < 4.78 is 28.1. The Bertz CT molecular complexity index is 868. The molecule has 0 saturated carbocycles. The Balaban J connectivity index is 2.31. The van der Waals surface area contributed by atoms with Crippen molar-refractivity contribution >= 4 is 33.8 Å². The second-order valence-corrected chi connectivity index (χ2v) is 6.86. The standard InChI is InChI=1S/C15H19N5O4S/c1-3-9(2)24-14-12(8-21)13(16)19-15(20-14)18-10-4-6-11(7-5-10)25(17,22)23/h4-9H,3H2,1-2H3,(H2,17,22,23)(H3,16,18,19,20)/t9-/m1/s1. The average Bonchev–Trinajstić information content (AvgIpc) is 2.54. The van der Waals surface area contributed by atoms with Gasteiger partial charge in [0.15, 0.2) is 6.29 Å². The van der Waals surface area contributed by atoms with E-state index >= 15 is 0 Å². The van der Waals surface area contributed by atoms with Crippen molar-refractivity contribution in [2.45, 2.75) is 31.3 Å². The van der Waals surface area contributed by atoms with Gasteiger partial charge in [-0.15, -0.1) is 0 Å². The molecule has 0 unspecified atom stereocenters. The highest BCUT2D eigenvalue weighted by molar-refractivity contribution is 7.89. The summed E-state index contributed by atoms with van der Waals surface area (Å²) in [5, 5.41) is 7.92. The number of nitrogens with one attached hydrogen (secondary N) is 1. The molecule has 0 amide bonds. The minimum absolute atomic E-state index is 0.0180. The molecule has 1 heterocycles. The Labute approximate surface area is 145 Å². The molecule has 2 rings (SSSR count). The van der Waals surface area contributed by atoms with Gasteiger partial charge in [0.25, 0.3) is 0 Å². The second-order valence-electron chi connectivity index (χ2n) is 5.30. The molecule has 0 spiro atoms. The summed E-state index contributed by atoms with van der Waals surface area (Å²) in [5.74, 6) is 0.178. The van der Waals surface area contributed by atoms with Crippen LogP contribution in [0.1, 0.15) is 30.6 Å². The number of aromatic nitrogens is 2. The smallest absolute Gasteiger partial charge is 0.238 e. The van der Waals surface area contributed by atoms with E-state index < -0.39 is 10.0 Å². The van der Waals surface area contributed by atoms with E-state index in [0.717, 1.165) is 6.42 Å². The summed E-state index contributed by atoms with van der Waals surface area (Å²) in [5.41, 5.74) is 6.38. The van der Waals surface area contributed by atoms with E-state index in [1.165, 1.54) is 24.3 Å². The molecule has 0 aliphatic heterocycles. The van der Waals surface area contributed by atoms with E-state index in [9.17, 15) is 13.2 Å². The van der Waals surface area contributed by atoms with Crippen LogP contribution in [0.2, 0.25) is 0 Å². The number of anilines is 3. The predicted octanol–water partition coefficient (Wildman–Crippen LogP) is 1.44. The van der Waals surface area contributed by atoms with Crippen LogP contribution in [0.25, 0.3) is 0 Å². The van der Waals surface area contributed by atoms with E-state index in [-0.39, 0.29) is 34.2 Å². The molecule has 0 radical (unpaired) electrons. The van der Waals surface area contributed by atoms with Gasteiger partial charge in [-0.3, -0.25) is 4.79 Å². The third-order valence-electron chi connectivity index (χ3n) is 3.38. The van der Waals surface area contributed by atoms with Crippen molar-refractivity contribution < 1.29 is 17.9 Å². The van der Waals surface area contributed by atoms with Crippen LogP contribution in [0, 0.1) is 0 Å². The van der Waals surface area contributed by atoms with Crippen molar-refractivity contribution in [1.29, 1.82) is 0 Å². The quantitative estimate of drug-likeness (QED) is 0.624. The molecule has 10 heteroatoms. The van der Waals surface area contributed by atoms with Gasteiger partial charge in [0.2, 0.25) is 21.9 Å². The highest BCUT2D eigenvalue weighted by Gasteiger charge is 2.16. The fourth-order valence-electron chi connectivity index (χ4n) is 1.85. The van der Waals surface area contributed by atoms with Crippen LogP contribution in [-0.4, -0.2) is 30.8 Å². The average molecular weight is 365 g/mol. The topological polar surface area (TPSA) is 150 Å². The number of primary sulfonamides is 1. The van der Waals surface area contributed by atoms with Gasteiger partial charge in [0.05, 0.1) is 11.0 Å². The molecular formula is C15H19N5O4S. The van der Waals surface area contributed by atoms with Gasteiger partial charge in [-0.1, -0.05) is 6.92 Å². The van der Waals surface area contributed by atoms with Crippen molar-refractivity contribution in [2.75, 3.05) is 11.1 Å². The van der Waals surface area contributed by atoms with Crippen LogP contribution >= 0.6 is 0 Å². The SMILES string of the molecule is CC[C@@H](C)Oc1nc(Nc2ccc(S(N)(=O)=O)cc2)nc(N)c1C=O. The predicted molar refractivity (Wildman–Crippen MR) is 93.3 cm³/mol. The first-order valence-electron chi connectivity index (χ1n) is 7.43. The number of nitrogens with zero attached hydrogens (tertiary/aromatic N) is 2. The van der Waals surface area contributed by atoms with Crippen molar-refractivity contribution in [1.82, 2.24) is 9.97 Å². The van der Waals surface area contributed by atoms with Gasteiger partial charge < -0.3 is 15.8 Å². The van der Waals surface area contributed by atoms with Gasteiger partial charge in [-0.2, -0.15) is 9.97 Å². The van der Waals surface area contributed by atoms with Crippen LogP contribution < -0.4 is 20.9 Å². The molecule has 25 heavy (non-hydrogen) atoms. The number of hydrogen-bond acceptors (Lipinski definition) is 8. The Morgan fingerprint density at radius 2 is 1.92 bits per heavy atom. The summed E-state index contributed by atoms with van der Waals surface area (Å²) in [4.78, 5) is 19.3. The molecule has 1 aromatic carbocycles. The van der Waals surface area contributed by atoms with E-state index in [0.29, 0.717) is 12.0 Å². The molecule has 0 aliphatic carbocycles. The summed E-state index contributed by atoms with van der Waals surface area (Å²) >= 11 is 0. The molecule has 2 aromatic rings. The lowest BCUT2D eigenvalue weighted by Gasteiger charge is -2.15. The molecule has 0 saturated heterocycles. The Kier molecular flexibility index (Phi) is 5.55. The molecule has 1 atom stereocenters. The van der Waals surface area contributed by atoms with Gasteiger partial charge in [-0.25, -0.2) is 13.6 Å². The molecule has 0 aliphatic rings. The number of carbonyl (C=O) groups excluding carboxylic acids is 1. The van der Waals surface area contributed by atoms with Crippen LogP contribution in [-0.2, 0) is 10.0 Å². The van der Waals surface area contributed by atoms with Gasteiger partial charge in [0, 0.05) is 5.69 Å². The molecule has 0 bridgehead atoms. The van der Waals surface area contributed by atoms with E-state index in [4.69, 9.17) is 15.6 Å². The van der Waals surface area contributed by atoms with Crippen LogP contribution in [0.4, 0.5) is 17.5 Å². The number of rotatable bonds is 7. The molecule has 134 valence electrons. The maximum Gasteiger partial charge on any atom is 0.238 e. The number of hydrogen-bond donors (Lipinski definition) is 3. The number of sulfonamides is 1. The largest absolute Gasteiger partial charge is 0.474 e. The number of ether oxygens (including phenoxy) is 1. The van der Waals surface area contributed by atoms with Gasteiger partial charge in [-0.05, 0) is 37.6 Å². The second kappa shape index (κ2) is 7.45. The zero-order valence-electron chi connectivity index (χ0n) is 13.8. The Hall–Kier alpha value is -2.72. The lowest BCUT2D eigenvalue weighted by atomic mass is 10.3. The zero-order valence-corrected chi connectivity index (χ0v) is 14.6. The number of aldehydes is 1. The lowest BCUT2D eigenvalue weighted by Crippen LogP contribution is -2.15. The van der Waals surface area contributed by atoms with E-state index in [1.54, 1.807) is 0 Å². The first kappa shape index (κ1) is 18.6. The maximum absolute atomic E-state index is 11.3. The van der Waals surface area contributed by atoms with Gasteiger partial charge in [0.1, 0.15) is 11.4 Å². The highest BCUT2D eigenvalue weighted by atomic mass is 32.2. The lowest BCUT2D eigenvalue weighted by molar-refractivity contribution is 0.111.